The van der Waals surface area contributed by atoms with Crippen molar-refractivity contribution in [1.82, 2.24) is 9.55 Å². The number of alkyl halides is 1. The van der Waals surface area contributed by atoms with Gasteiger partial charge in [-0.25, -0.2) is 4.98 Å². The van der Waals surface area contributed by atoms with Gasteiger partial charge in [-0.15, -0.1) is 11.6 Å². The van der Waals surface area contributed by atoms with E-state index in [9.17, 15) is 4.79 Å². The smallest absolute Gasteiger partial charge is 0.293 e. The number of nitrogens with one attached hydrogen (secondary N) is 1. The van der Waals surface area contributed by atoms with Gasteiger partial charge in [0.1, 0.15) is 0 Å². The maximum absolute atomic E-state index is 12.5. The molecule has 1 fully saturated rings. The topological polar surface area (TPSA) is 46.9 Å². The number of rotatable bonds is 5. The fraction of sp³-hybridized carbons (Fsp3) is 0.375. The molecule has 0 amide bonds. The first-order valence-electron chi connectivity index (χ1n) is 7.11. The van der Waals surface area contributed by atoms with Gasteiger partial charge in [0.15, 0.2) is 5.82 Å². The Labute approximate surface area is 128 Å². The van der Waals surface area contributed by atoms with Gasteiger partial charge < -0.3 is 9.88 Å². The standard InChI is InChI=1S/C16H18ClN3O/c1-16(11-17,12-5-3-2-4-6-12)19-14-15(21)20(10-9-18-14)13-7-8-13/h2-6,9-10,13H,7-8,11H2,1H3,(H,18,19). The van der Waals surface area contributed by atoms with Gasteiger partial charge in [0.25, 0.3) is 5.56 Å². The fourth-order valence-electron chi connectivity index (χ4n) is 2.40. The lowest BCUT2D eigenvalue weighted by atomic mass is 9.94. The Morgan fingerprint density at radius 1 is 1.38 bits per heavy atom. The first-order chi connectivity index (χ1) is 10.1. The summed E-state index contributed by atoms with van der Waals surface area (Å²) in [6.07, 6.45) is 5.55. The van der Waals surface area contributed by atoms with E-state index < -0.39 is 5.54 Å². The lowest BCUT2D eigenvalue weighted by Crippen LogP contribution is -2.37. The van der Waals surface area contributed by atoms with Gasteiger partial charge >= 0.3 is 0 Å². The van der Waals surface area contributed by atoms with Crippen LogP contribution >= 0.6 is 11.6 Å². The Morgan fingerprint density at radius 3 is 2.71 bits per heavy atom. The van der Waals surface area contributed by atoms with Crippen molar-refractivity contribution in [2.24, 2.45) is 0 Å². The Balaban J connectivity index is 1.94. The molecule has 5 heteroatoms. The summed E-state index contributed by atoms with van der Waals surface area (Å²) >= 11 is 6.16. The molecule has 1 aromatic heterocycles. The summed E-state index contributed by atoms with van der Waals surface area (Å²) in [6, 6.07) is 10.2. The normalized spacial score (nSPS) is 17.2. The quantitative estimate of drug-likeness (QED) is 0.863. The largest absolute Gasteiger partial charge is 0.355 e. The lowest BCUT2D eigenvalue weighted by Gasteiger charge is -2.29. The molecule has 110 valence electrons. The molecule has 1 atom stereocenters. The molecule has 1 aromatic carbocycles. The zero-order chi connectivity index (χ0) is 14.9. The SMILES string of the molecule is CC(CCl)(Nc1nccn(C2CC2)c1=O)c1ccccc1. The number of hydrogen-bond donors (Lipinski definition) is 1. The van der Waals surface area contributed by atoms with E-state index in [4.69, 9.17) is 11.6 Å². The molecule has 0 saturated heterocycles. The first kappa shape index (κ1) is 14.1. The minimum absolute atomic E-state index is 0.0766. The predicted octanol–water partition coefficient (Wildman–Crippen LogP) is 3.14. The zero-order valence-corrected chi connectivity index (χ0v) is 12.7. The van der Waals surface area contributed by atoms with Gasteiger partial charge in [0.05, 0.1) is 5.54 Å². The number of anilines is 1. The van der Waals surface area contributed by atoms with Gasteiger partial charge in [-0.1, -0.05) is 30.3 Å². The fourth-order valence-corrected chi connectivity index (χ4v) is 2.62. The summed E-state index contributed by atoms with van der Waals surface area (Å²) in [6.45, 7) is 1.98. The maximum Gasteiger partial charge on any atom is 0.293 e. The molecular weight excluding hydrogens is 286 g/mol. The number of benzene rings is 1. The van der Waals surface area contributed by atoms with Crippen molar-refractivity contribution in [3.8, 4) is 0 Å². The van der Waals surface area contributed by atoms with Crippen LogP contribution in [0.5, 0.6) is 0 Å². The summed E-state index contributed by atoms with van der Waals surface area (Å²) in [5.41, 5.74) is 0.424. The molecular formula is C16H18ClN3O. The van der Waals surface area contributed by atoms with Crippen LogP contribution in [0.2, 0.25) is 0 Å². The molecule has 1 aliphatic carbocycles. The molecule has 1 unspecified atom stereocenters. The van der Waals surface area contributed by atoms with Crippen LogP contribution in [0.1, 0.15) is 31.4 Å². The average molecular weight is 304 g/mol. The molecule has 1 saturated carbocycles. The molecule has 0 bridgehead atoms. The third kappa shape index (κ3) is 2.81. The minimum atomic E-state index is -0.530. The molecule has 0 aliphatic heterocycles. The highest BCUT2D eigenvalue weighted by Gasteiger charge is 2.29. The zero-order valence-electron chi connectivity index (χ0n) is 11.9. The molecule has 1 N–H and O–H groups in total. The summed E-state index contributed by atoms with van der Waals surface area (Å²) in [7, 11) is 0. The predicted molar refractivity (Wildman–Crippen MR) is 84.9 cm³/mol. The van der Waals surface area contributed by atoms with Crippen LogP contribution in [-0.4, -0.2) is 15.4 Å². The van der Waals surface area contributed by atoms with Crippen LogP contribution in [0, 0.1) is 0 Å². The van der Waals surface area contributed by atoms with E-state index in [1.54, 1.807) is 17.0 Å². The van der Waals surface area contributed by atoms with Crippen LogP contribution in [0.4, 0.5) is 5.82 Å². The molecule has 1 aliphatic rings. The van der Waals surface area contributed by atoms with Crippen molar-refractivity contribution in [2.75, 3.05) is 11.2 Å². The van der Waals surface area contributed by atoms with Crippen molar-refractivity contribution in [1.29, 1.82) is 0 Å². The van der Waals surface area contributed by atoms with Gasteiger partial charge in [0.2, 0.25) is 0 Å². The second-order valence-electron chi connectivity index (χ2n) is 5.68. The number of aromatic nitrogens is 2. The van der Waals surface area contributed by atoms with Crippen LogP contribution in [0.25, 0.3) is 0 Å². The lowest BCUT2D eigenvalue weighted by molar-refractivity contribution is 0.605. The van der Waals surface area contributed by atoms with Gasteiger partial charge in [-0.3, -0.25) is 4.79 Å². The molecule has 0 radical (unpaired) electrons. The number of halogens is 1. The summed E-state index contributed by atoms with van der Waals surface area (Å²) in [5.74, 6) is 0.701. The van der Waals surface area contributed by atoms with Crippen LogP contribution in [0.15, 0.2) is 47.5 Å². The van der Waals surface area contributed by atoms with Crippen LogP contribution in [-0.2, 0) is 5.54 Å². The van der Waals surface area contributed by atoms with E-state index >= 15 is 0 Å². The van der Waals surface area contributed by atoms with E-state index in [0.29, 0.717) is 17.7 Å². The molecule has 2 aromatic rings. The highest BCUT2D eigenvalue weighted by atomic mass is 35.5. The van der Waals surface area contributed by atoms with E-state index in [-0.39, 0.29) is 5.56 Å². The van der Waals surface area contributed by atoms with Crippen LogP contribution < -0.4 is 10.9 Å². The highest BCUT2D eigenvalue weighted by molar-refractivity contribution is 6.18. The Hall–Kier alpha value is -1.81. The Bertz CT molecular complexity index is 681. The van der Waals surface area contributed by atoms with Crippen molar-refractivity contribution in [3.63, 3.8) is 0 Å². The van der Waals surface area contributed by atoms with Crippen molar-refractivity contribution in [2.45, 2.75) is 31.3 Å². The Morgan fingerprint density at radius 2 is 2.10 bits per heavy atom. The minimum Gasteiger partial charge on any atom is -0.355 e. The number of nitrogens with zero attached hydrogens (tertiary/aromatic N) is 2. The van der Waals surface area contributed by atoms with Gasteiger partial charge in [-0.2, -0.15) is 0 Å². The average Bonchev–Trinajstić information content (AvgIpc) is 3.35. The summed E-state index contributed by atoms with van der Waals surface area (Å²) in [4.78, 5) is 16.7. The molecule has 1 heterocycles. The van der Waals surface area contributed by atoms with Gasteiger partial charge in [-0.05, 0) is 25.3 Å². The molecule has 3 rings (SSSR count). The van der Waals surface area contributed by atoms with Crippen molar-refractivity contribution < 1.29 is 0 Å². The van der Waals surface area contributed by atoms with Crippen molar-refractivity contribution >= 4 is 17.4 Å². The summed E-state index contributed by atoms with van der Waals surface area (Å²) < 4.78 is 1.76. The second kappa shape index (κ2) is 5.53. The first-order valence-corrected chi connectivity index (χ1v) is 7.64. The molecule has 4 nitrogen and oxygen atoms in total. The monoisotopic (exact) mass is 303 g/mol. The highest BCUT2D eigenvalue weighted by Crippen LogP contribution is 2.33. The van der Waals surface area contributed by atoms with E-state index in [1.165, 1.54) is 0 Å². The Kier molecular flexibility index (Phi) is 3.72. The molecule has 0 spiro atoms. The van der Waals surface area contributed by atoms with E-state index in [0.717, 1.165) is 18.4 Å². The third-order valence-corrected chi connectivity index (χ3v) is 4.42. The molecule has 21 heavy (non-hydrogen) atoms. The number of hydrogen-bond acceptors (Lipinski definition) is 3. The maximum atomic E-state index is 12.5. The second-order valence-corrected chi connectivity index (χ2v) is 5.94. The third-order valence-electron chi connectivity index (χ3n) is 3.88. The van der Waals surface area contributed by atoms with Gasteiger partial charge in [0, 0.05) is 24.3 Å². The van der Waals surface area contributed by atoms with E-state index in [2.05, 4.69) is 10.3 Å². The van der Waals surface area contributed by atoms with Crippen LogP contribution in [0.3, 0.4) is 0 Å². The summed E-state index contributed by atoms with van der Waals surface area (Å²) in [5, 5.41) is 3.24. The van der Waals surface area contributed by atoms with Crippen molar-refractivity contribution in [3.05, 3.63) is 58.6 Å². The van der Waals surface area contributed by atoms with E-state index in [1.807, 2.05) is 37.3 Å².